The van der Waals surface area contributed by atoms with Crippen LogP contribution in [0.25, 0.3) is 0 Å². The van der Waals surface area contributed by atoms with E-state index in [4.69, 9.17) is 0 Å². The second kappa shape index (κ2) is 12.7. The molecule has 0 aromatic rings. The summed E-state index contributed by atoms with van der Waals surface area (Å²) in [5.74, 6) is 12.7. The first kappa shape index (κ1) is 17.3. The molecular weight excluding hydrogens is 232 g/mol. The molecule has 0 aromatic heterocycles. The summed E-state index contributed by atoms with van der Waals surface area (Å²) in [7, 11) is 0. The van der Waals surface area contributed by atoms with Crippen LogP contribution in [0, 0.1) is 29.6 Å². The third kappa shape index (κ3) is 14.2. The summed E-state index contributed by atoms with van der Waals surface area (Å²) in [5, 5.41) is 0. The van der Waals surface area contributed by atoms with Crippen molar-refractivity contribution in [2.45, 2.75) is 52.9 Å². The van der Waals surface area contributed by atoms with E-state index in [0.29, 0.717) is 12.3 Å². The summed E-state index contributed by atoms with van der Waals surface area (Å²) in [6.45, 7) is 5.59. The first-order valence-electron chi connectivity index (χ1n) is 6.88. The quantitative estimate of drug-likeness (QED) is 0.377. The fourth-order valence-electron chi connectivity index (χ4n) is 1.48. The molecule has 1 heteroatoms. The third-order valence-corrected chi connectivity index (χ3v) is 2.54. The number of Topliss-reactive ketones (excluding diaryl/α,β-unsaturated/α-hetero) is 1. The first-order chi connectivity index (χ1) is 9.16. The highest BCUT2D eigenvalue weighted by Crippen LogP contribution is 2.06. The highest BCUT2D eigenvalue weighted by Gasteiger charge is 1.98. The van der Waals surface area contributed by atoms with Gasteiger partial charge in [-0.25, -0.2) is 0 Å². The fraction of sp³-hybridized carbons (Fsp3) is 0.500. The van der Waals surface area contributed by atoms with E-state index in [1.165, 1.54) is 0 Å². The standard InChI is InChI=1S/C18H24O/c1-4-5-6-7-8-9-10-11-12-14-17(2)15-13-16-18(3)19/h8-11,17H,6-7,13,15-16H2,1-3H3. The number of rotatable bonds is 7. The summed E-state index contributed by atoms with van der Waals surface area (Å²) in [6.07, 6.45) is 12.4. The van der Waals surface area contributed by atoms with E-state index in [9.17, 15) is 4.79 Å². The van der Waals surface area contributed by atoms with Crippen molar-refractivity contribution in [2.75, 3.05) is 0 Å². The van der Waals surface area contributed by atoms with Gasteiger partial charge in [0.25, 0.3) is 0 Å². The van der Waals surface area contributed by atoms with Gasteiger partial charge in [0.15, 0.2) is 0 Å². The highest BCUT2D eigenvalue weighted by atomic mass is 16.1. The van der Waals surface area contributed by atoms with Crippen molar-refractivity contribution in [1.29, 1.82) is 0 Å². The lowest BCUT2D eigenvalue weighted by Gasteiger charge is -2.00. The van der Waals surface area contributed by atoms with Crippen LogP contribution in [0.5, 0.6) is 0 Å². The Morgan fingerprint density at radius 1 is 1.32 bits per heavy atom. The third-order valence-electron chi connectivity index (χ3n) is 2.54. The average Bonchev–Trinajstić information content (AvgIpc) is 2.36. The molecule has 1 atom stereocenters. The van der Waals surface area contributed by atoms with Gasteiger partial charge in [0.2, 0.25) is 0 Å². The molecule has 0 fully saturated rings. The van der Waals surface area contributed by atoms with Gasteiger partial charge in [0, 0.05) is 18.8 Å². The molecule has 0 saturated carbocycles. The average molecular weight is 256 g/mol. The number of carbonyl (C=O) groups excluding carboxylic acids is 1. The summed E-state index contributed by atoms with van der Waals surface area (Å²) >= 11 is 0. The van der Waals surface area contributed by atoms with Crippen LogP contribution < -0.4 is 0 Å². The largest absolute Gasteiger partial charge is 0.300 e. The molecule has 0 amide bonds. The van der Waals surface area contributed by atoms with Gasteiger partial charge in [0.05, 0.1) is 0 Å². The van der Waals surface area contributed by atoms with E-state index in [1.807, 2.05) is 25.2 Å². The van der Waals surface area contributed by atoms with Crippen LogP contribution in [-0.4, -0.2) is 5.78 Å². The fourth-order valence-corrected chi connectivity index (χ4v) is 1.48. The van der Waals surface area contributed by atoms with E-state index in [2.05, 4.69) is 36.7 Å². The van der Waals surface area contributed by atoms with Crippen LogP contribution in [0.2, 0.25) is 0 Å². The number of carbonyl (C=O) groups is 1. The van der Waals surface area contributed by atoms with Crippen molar-refractivity contribution in [2.24, 2.45) is 5.92 Å². The molecule has 0 radical (unpaired) electrons. The maximum atomic E-state index is 10.8. The van der Waals surface area contributed by atoms with Crippen molar-refractivity contribution in [3.63, 3.8) is 0 Å². The van der Waals surface area contributed by atoms with Gasteiger partial charge in [-0.3, -0.25) is 0 Å². The lowest BCUT2D eigenvalue weighted by atomic mass is 10.0. The Labute approximate surface area is 118 Å². The number of allylic oxidation sites excluding steroid dienone is 4. The Kier molecular flexibility index (Phi) is 11.6. The zero-order valence-electron chi connectivity index (χ0n) is 12.3. The van der Waals surface area contributed by atoms with E-state index in [0.717, 1.165) is 25.7 Å². The molecule has 0 aliphatic rings. The molecular formula is C18H24O. The second-order valence-corrected chi connectivity index (χ2v) is 4.54. The molecule has 0 rings (SSSR count). The minimum absolute atomic E-state index is 0.262. The Balaban J connectivity index is 3.75. The van der Waals surface area contributed by atoms with Crippen LogP contribution >= 0.6 is 0 Å². The van der Waals surface area contributed by atoms with Gasteiger partial charge >= 0.3 is 0 Å². The molecule has 0 heterocycles. The lowest BCUT2D eigenvalue weighted by molar-refractivity contribution is -0.117. The maximum Gasteiger partial charge on any atom is 0.129 e. The van der Waals surface area contributed by atoms with Gasteiger partial charge in [0.1, 0.15) is 5.78 Å². The van der Waals surface area contributed by atoms with E-state index >= 15 is 0 Å². The Morgan fingerprint density at radius 3 is 2.79 bits per heavy atom. The predicted octanol–water partition coefficient (Wildman–Crippen LogP) is 4.30. The number of hydrogen-bond acceptors (Lipinski definition) is 1. The number of hydrogen-bond donors (Lipinski definition) is 0. The monoisotopic (exact) mass is 256 g/mol. The van der Waals surface area contributed by atoms with Gasteiger partial charge in [-0.2, -0.15) is 0 Å². The van der Waals surface area contributed by atoms with Gasteiger partial charge in [-0.05, 0) is 39.2 Å². The van der Waals surface area contributed by atoms with Crippen LogP contribution in [0.1, 0.15) is 52.9 Å². The Morgan fingerprint density at radius 2 is 2.11 bits per heavy atom. The highest BCUT2D eigenvalue weighted by molar-refractivity contribution is 5.75. The smallest absolute Gasteiger partial charge is 0.129 e. The van der Waals surface area contributed by atoms with Gasteiger partial charge in [-0.15, -0.1) is 11.8 Å². The molecule has 102 valence electrons. The number of ketones is 1. The molecule has 0 N–H and O–H groups in total. The summed E-state index contributed by atoms with van der Waals surface area (Å²) in [6, 6.07) is 0. The van der Waals surface area contributed by atoms with Crippen molar-refractivity contribution in [3.8, 4) is 23.7 Å². The molecule has 0 bridgehead atoms. The maximum absolute atomic E-state index is 10.8. The molecule has 1 nitrogen and oxygen atoms in total. The van der Waals surface area contributed by atoms with Crippen LogP contribution in [0.15, 0.2) is 24.3 Å². The summed E-state index contributed by atoms with van der Waals surface area (Å²) < 4.78 is 0. The van der Waals surface area contributed by atoms with E-state index in [1.54, 1.807) is 6.92 Å². The van der Waals surface area contributed by atoms with Crippen LogP contribution in [0.4, 0.5) is 0 Å². The molecule has 19 heavy (non-hydrogen) atoms. The van der Waals surface area contributed by atoms with E-state index in [-0.39, 0.29) is 5.78 Å². The summed E-state index contributed by atoms with van der Waals surface area (Å²) in [4.78, 5) is 10.8. The molecule has 0 aliphatic carbocycles. The predicted molar refractivity (Wildman–Crippen MR) is 82.4 cm³/mol. The van der Waals surface area contributed by atoms with Gasteiger partial charge in [-0.1, -0.05) is 37.0 Å². The SMILES string of the molecule is CC#CCCC=CC=CC#CC(C)CCCC(C)=O. The topological polar surface area (TPSA) is 17.1 Å². The van der Waals surface area contributed by atoms with Crippen LogP contribution in [-0.2, 0) is 4.79 Å². The van der Waals surface area contributed by atoms with Gasteiger partial charge < -0.3 is 4.79 Å². The van der Waals surface area contributed by atoms with Crippen molar-refractivity contribution in [3.05, 3.63) is 24.3 Å². The first-order valence-corrected chi connectivity index (χ1v) is 6.88. The Bertz CT molecular complexity index is 418. The van der Waals surface area contributed by atoms with E-state index < -0.39 is 0 Å². The van der Waals surface area contributed by atoms with Crippen molar-refractivity contribution < 1.29 is 4.79 Å². The second-order valence-electron chi connectivity index (χ2n) is 4.54. The van der Waals surface area contributed by atoms with Crippen molar-refractivity contribution in [1.82, 2.24) is 0 Å². The molecule has 0 aromatic carbocycles. The number of unbranched alkanes of at least 4 members (excludes halogenated alkanes) is 1. The van der Waals surface area contributed by atoms with Crippen LogP contribution in [0.3, 0.4) is 0 Å². The zero-order chi connectivity index (χ0) is 14.3. The molecule has 0 spiro atoms. The molecule has 1 unspecified atom stereocenters. The molecule has 0 saturated heterocycles. The minimum atomic E-state index is 0.262. The normalized spacial score (nSPS) is 11.7. The van der Waals surface area contributed by atoms with Crippen molar-refractivity contribution >= 4 is 5.78 Å². The molecule has 0 aliphatic heterocycles. The Hall–Kier alpha value is -1.73. The summed E-state index contributed by atoms with van der Waals surface area (Å²) in [5.41, 5.74) is 0. The minimum Gasteiger partial charge on any atom is -0.300 e. The zero-order valence-corrected chi connectivity index (χ0v) is 12.3. The lowest BCUT2D eigenvalue weighted by Crippen LogP contribution is -1.94.